The number of anilines is 5. The summed E-state index contributed by atoms with van der Waals surface area (Å²) in [6.45, 7) is 17.6. The van der Waals surface area contributed by atoms with Crippen molar-refractivity contribution in [2.45, 2.75) is 86.7 Å². The van der Waals surface area contributed by atoms with Gasteiger partial charge in [-0.05, 0) is 105 Å². The van der Waals surface area contributed by atoms with E-state index in [0.717, 1.165) is 53.0 Å². The Morgan fingerprint density at radius 3 is 1.62 bits per heavy atom. The molecule has 6 rings (SSSR count). The quantitative estimate of drug-likeness (QED) is 0.0786. The minimum absolute atomic E-state index is 0.0953. The molecule has 0 saturated carbocycles. The van der Waals surface area contributed by atoms with Crippen LogP contribution in [0, 0.1) is 5.41 Å². The second-order valence-electron chi connectivity index (χ2n) is 14.7. The van der Waals surface area contributed by atoms with E-state index in [4.69, 9.17) is 32.5 Å². The summed E-state index contributed by atoms with van der Waals surface area (Å²) in [5.74, 6) is 2.93. The van der Waals surface area contributed by atoms with Crippen molar-refractivity contribution >= 4 is 87.1 Å². The summed E-state index contributed by atoms with van der Waals surface area (Å²) in [4.78, 5) is 49.8. The van der Waals surface area contributed by atoms with Gasteiger partial charge >= 0.3 is 0 Å². The maximum Gasteiger partial charge on any atom is 0.230 e. The Balaban J connectivity index is 0.000000231. The molecule has 0 saturated heterocycles. The lowest BCUT2D eigenvalue weighted by atomic mass is 9.96. The van der Waals surface area contributed by atoms with E-state index in [-0.39, 0.29) is 11.5 Å². The number of nitrogens with two attached hydrogens (primary N) is 4. The number of ether oxygens (including phenoxy) is 1. The highest BCUT2D eigenvalue weighted by Crippen LogP contribution is 2.24. The molecule has 296 valence electrons. The molecule has 0 radical (unpaired) electrons. The molecule has 56 heavy (non-hydrogen) atoms. The third kappa shape index (κ3) is 13.1. The number of carbonyl (C=O) groups excluding carboxylic acids is 2. The lowest BCUT2D eigenvalue weighted by Crippen LogP contribution is -2.28. The smallest absolute Gasteiger partial charge is 0.230 e. The number of aliphatic imine (C=N–C) groups is 1. The number of aryl methyl sites for hydroxylation is 2. The minimum Gasteiger partial charge on any atom is -0.478 e. The van der Waals surface area contributed by atoms with Crippen LogP contribution >= 0.6 is 0 Å². The van der Waals surface area contributed by atoms with Crippen LogP contribution in [0.2, 0.25) is 0 Å². The molecule has 0 atom stereocenters. The van der Waals surface area contributed by atoms with Gasteiger partial charge in [-0.25, -0.2) is 34.9 Å². The Kier molecular flexibility index (Phi) is 15.4. The predicted molar refractivity (Wildman–Crippen MR) is 228 cm³/mol. The summed E-state index contributed by atoms with van der Waals surface area (Å²) in [5.41, 5.74) is 26.0. The summed E-state index contributed by atoms with van der Waals surface area (Å²) < 4.78 is 5.45. The van der Waals surface area contributed by atoms with Crippen molar-refractivity contribution in [1.82, 2.24) is 29.9 Å². The number of carbonyl (C=O) groups is 2. The van der Waals surface area contributed by atoms with Crippen molar-refractivity contribution in [3.8, 4) is 0 Å². The van der Waals surface area contributed by atoms with Crippen molar-refractivity contribution in [3.63, 3.8) is 0 Å². The van der Waals surface area contributed by atoms with E-state index in [1.165, 1.54) is 6.40 Å². The standard InChI is InChI=1S/C18H24N4O2.C14H20N4.C8H8N4.CH2O/c1-17(2,3)16(23)22-14-10-8-12-7-9-13(20-15(12)21-14)19-11-24-18(4,5)6;1-3-5-9-7-11-8-10(6-4-2)13(16)18-14(11)17-12(9)15;9-6-3-1-5-2-4-7(10)12-8(5)11-6;1-2/h7-11H,1-6H3,(H,20,21,22,23);7-8H,3-6H2,1-2H3,(H4,15,16,17,18);1-4H,(H4,9,10,11,12);1H2. The zero-order valence-electron chi connectivity index (χ0n) is 33.6. The number of hydrogen-bond acceptors (Lipinski definition) is 14. The van der Waals surface area contributed by atoms with Crippen LogP contribution in [0.25, 0.3) is 33.1 Å². The number of amides is 1. The molecule has 0 unspecified atom stereocenters. The molecule has 1 amide bonds. The number of fused-ring (bicyclic) bond motifs is 3. The van der Waals surface area contributed by atoms with E-state index >= 15 is 0 Å². The van der Waals surface area contributed by atoms with Crippen LogP contribution < -0.4 is 28.3 Å². The highest BCUT2D eigenvalue weighted by Gasteiger charge is 2.21. The number of nitrogens with one attached hydrogen (secondary N) is 1. The number of rotatable bonds is 7. The number of nitrogen functional groups attached to an aromatic ring is 4. The number of aromatic nitrogens is 6. The van der Waals surface area contributed by atoms with E-state index in [0.29, 0.717) is 51.8 Å². The Morgan fingerprint density at radius 2 is 1.14 bits per heavy atom. The Hall–Kier alpha value is -6.51. The molecule has 6 heterocycles. The van der Waals surface area contributed by atoms with E-state index in [1.54, 1.807) is 24.3 Å². The van der Waals surface area contributed by atoms with Crippen LogP contribution in [0.1, 0.15) is 79.4 Å². The molecule has 15 nitrogen and oxygen atoms in total. The maximum absolute atomic E-state index is 12.1. The second kappa shape index (κ2) is 19.7. The number of hydrogen-bond donors (Lipinski definition) is 5. The molecule has 15 heteroatoms. The van der Waals surface area contributed by atoms with Gasteiger partial charge in [-0.15, -0.1) is 0 Å². The molecule has 0 aliphatic rings. The van der Waals surface area contributed by atoms with Crippen LogP contribution in [0.4, 0.5) is 34.9 Å². The molecule has 0 bridgehead atoms. The monoisotopic (exact) mass is 762 g/mol. The van der Waals surface area contributed by atoms with Crippen LogP contribution in [0.5, 0.6) is 0 Å². The highest BCUT2D eigenvalue weighted by atomic mass is 16.5. The first-order chi connectivity index (χ1) is 26.4. The molecule has 0 fully saturated rings. The summed E-state index contributed by atoms with van der Waals surface area (Å²) in [6.07, 6.45) is 5.40. The largest absolute Gasteiger partial charge is 0.478 e. The zero-order chi connectivity index (χ0) is 41.6. The molecule has 0 spiro atoms. The van der Waals surface area contributed by atoms with E-state index < -0.39 is 5.41 Å². The fourth-order valence-corrected chi connectivity index (χ4v) is 4.86. The SMILES string of the molecule is C=O.CC(C)(C)OC=Nc1ccc2ccc(NC(=O)C(C)(C)C)nc2n1.CCCc1cc2cc(CCC)c(N)nc2nc1N.Nc1ccc2ccc(N)nc2n1. The lowest BCUT2D eigenvalue weighted by molar-refractivity contribution is -0.123. The highest BCUT2D eigenvalue weighted by molar-refractivity contribution is 5.94. The van der Waals surface area contributed by atoms with Gasteiger partial charge in [-0.1, -0.05) is 47.5 Å². The van der Waals surface area contributed by atoms with Gasteiger partial charge in [-0.3, -0.25) is 4.79 Å². The first kappa shape index (κ1) is 43.9. The van der Waals surface area contributed by atoms with Crippen LogP contribution in [0.3, 0.4) is 0 Å². The first-order valence-corrected chi connectivity index (χ1v) is 18.2. The normalized spacial score (nSPS) is 11.2. The van der Waals surface area contributed by atoms with E-state index in [9.17, 15) is 4.79 Å². The molecule has 0 aliphatic heterocycles. The van der Waals surface area contributed by atoms with Gasteiger partial charge in [0.05, 0.1) is 0 Å². The van der Waals surface area contributed by atoms with E-state index in [2.05, 4.69) is 66.2 Å². The fourth-order valence-electron chi connectivity index (χ4n) is 4.86. The second-order valence-corrected chi connectivity index (χ2v) is 14.7. The van der Waals surface area contributed by atoms with E-state index in [1.807, 2.05) is 72.6 Å². The van der Waals surface area contributed by atoms with Crippen molar-refractivity contribution < 1.29 is 14.3 Å². The summed E-state index contributed by atoms with van der Waals surface area (Å²) >= 11 is 0. The summed E-state index contributed by atoms with van der Waals surface area (Å²) in [6, 6.07) is 18.7. The number of pyridine rings is 6. The molecule has 0 aliphatic carbocycles. The average Bonchev–Trinajstić information content (AvgIpc) is 3.13. The maximum atomic E-state index is 12.1. The topological polar surface area (TPSA) is 249 Å². The predicted octanol–water partition coefficient (Wildman–Crippen LogP) is 7.40. The number of nitrogens with zero attached hydrogens (tertiary/aromatic N) is 7. The molecular weight excluding hydrogens is 709 g/mol. The molecule has 9 N–H and O–H groups in total. The minimum atomic E-state index is -0.486. The van der Waals surface area contributed by atoms with Crippen LogP contribution in [-0.4, -0.2) is 54.6 Å². The Labute approximate surface area is 327 Å². The summed E-state index contributed by atoms with van der Waals surface area (Å²) in [5, 5.41) is 5.65. The molecule has 6 aromatic rings. The van der Waals surface area contributed by atoms with Crippen molar-refractivity contribution in [2.24, 2.45) is 10.4 Å². The van der Waals surface area contributed by atoms with Gasteiger partial charge in [0.25, 0.3) is 0 Å². The fraction of sp³-hybridized carbons (Fsp3) is 0.341. The lowest BCUT2D eigenvalue weighted by Gasteiger charge is -2.17. The average molecular weight is 763 g/mol. The van der Waals surface area contributed by atoms with Gasteiger partial charge in [0, 0.05) is 21.6 Å². The molecule has 6 aromatic heterocycles. The van der Waals surface area contributed by atoms with Crippen molar-refractivity contribution in [2.75, 3.05) is 28.3 Å². The first-order valence-electron chi connectivity index (χ1n) is 18.2. The van der Waals surface area contributed by atoms with Gasteiger partial charge in [0.15, 0.2) is 29.2 Å². The Bertz CT molecular complexity index is 2200. The third-order valence-electron chi connectivity index (χ3n) is 7.71. The van der Waals surface area contributed by atoms with Gasteiger partial charge in [-0.2, -0.15) is 0 Å². The molecule has 0 aromatic carbocycles. The zero-order valence-corrected chi connectivity index (χ0v) is 33.6. The van der Waals surface area contributed by atoms with Gasteiger partial charge in [0.2, 0.25) is 5.91 Å². The van der Waals surface area contributed by atoms with Crippen LogP contribution in [-0.2, 0) is 27.2 Å². The van der Waals surface area contributed by atoms with Crippen molar-refractivity contribution in [1.29, 1.82) is 0 Å². The third-order valence-corrected chi connectivity index (χ3v) is 7.71. The Morgan fingerprint density at radius 1 is 0.679 bits per heavy atom. The molecular formula is C41H54N12O3. The summed E-state index contributed by atoms with van der Waals surface area (Å²) in [7, 11) is 0. The van der Waals surface area contributed by atoms with Gasteiger partial charge in [0.1, 0.15) is 41.5 Å². The van der Waals surface area contributed by atoms with Crippen molar-refractivity contribution in [3.05, 3.63) is 71.8 Å². The van der Waals surface area contributed by atoms with Gasteiger partial charge < -0.3 is 37.8 Å². The van der Waals surface area contributed by atoms with Crippen LogP contribution in [0.15, 0.2) is 65.7 Å².